The fraction of sp³-hybridized carbons (Fsp3) is 0.679. The fourth-order valence-corrected chi connectivity index (χ4v) is 6.61. The van der Waals surface area contributed by atoms with Gasteiger partial charge in [0.15, 0.2) is 19.6 Å². The van der Waals surface area contributed by atoms with Gasteiger partial charge in [-0.25, -0.2) is 0 Å². The summed E-state index contributed by atoms with van der Waals surface area (Å²) in [6.07, 6.45) is 6.36. The van der Waals surface area contributed by atoms with E-state index in [-0.39, 0.29) is 27.2 Å². The molecule has 1 fully saturated rings. The summed E-state index contributed by atoms with van der Waals surface area (Å²) in [5, 5.41) is 16.2. The van der Waals surface area contributed by atoms with Crippen molar-refractivity contribution in [1.82, 2.24) is 15.1 Å². The van der Waals surface area contributed by atoms with Gasteiger partial charge in [-0.15, -0.1) is 11.8 Å². The Morgan fingerprint density at radius 3 is 2.38 bits per heavy atom. The SMILES string of the molecule is CN=C1C([N+](=O)[O-])=C(N(CCOCc2ccccc2)CCO[Si](C)(C)C(C)(C)C)NC(SC)N1C1CCCC1. The number of ether oxygens (including phenoxy) is 1. The molecule has 1 aromatic carbocycles. The first-order chi connectivity index (χ1) is 18.5. The van der Waals surface area contributed by atoms with Crippen LogP contribution in [-0.4, -0.2) is 80.0 Å². The molecule has 3 rings (SSSR count). The first-order valence-electron chi connectivity index (χ1n) is 13.9. The van der Waals surface area contributed by atoms with E-state index in [1.54, 1.807) is 18.8 Å². The van der Waals surface area contributed by atoms with Gasteiger partial charge < -0.3 is 24.3 Å². The molecule has 1 atom stereocenters. The van der Waals surface area contributed by atoms with Gasteiger partial charge in [-0.2, -0.15) is 0 Å². The minimum atomic E-state index is -1.98. The van der Waals surface area contributed by atoms with Crippen LogP contribution in [0.5, 0.6) is 0 Å². The minimum absolute atomic E-state index is 0.0325. The summed E-state index contributed by atoms with van der Waals surface area (Å²) >= 11 is 1.65. The molecule has 1 aromatic rings. The number of hydrogen-bond donors (Lipinski definition) is 1. The number of nitrogens with one attached hydrogen (secondary N) is 1. The molecule has 1 heterocycles. The molecule has 0 spiro atoms. The van der Waals surface area contributed by atoms with Crippen molar-refractivity contribution in [3.05, 3.63) is 57.5 Å². The molecular weight excluding hydrogens is 530 g/mol. The van der Waals surface area contributed by atoms with Gasteiger partial charge in [0.2, 0.25) is 5.84 Å². The molecular formula is C28H47N5O4SSi. The smallest absolute Gasteiger partial charge is 0.350 e. The topological polar surface area (TPSA) is 92.5 Å². The molecule has 11 heteroatoms. The fourth-order valence-electron chi connectivity index (χ4n) is 4.85. The number of hydrogen-bond acceptors (Lipinski definition) is 8. The summed E-state index contributed by atoms with van der Waals surface area (Å²) in [6, 6.07) is 10.3. The third kappa shape index (κ3) is 7.99. The van der Waals surface area contributed by atoms with Gasteiger partial charge in [-0.3, -0.25) is 15.1 Å². The van der Waals surface area contributed by atoms with E-state index in [9.17, 15) is 10.1 Å². The summed E-state index contributed by atoms with van der Waals surface area (Å²) in [4.78, 5) is 21.0. The van der Waals surface area contributed by atoms with E-state index in [0.29, 0.717) is 44.6 Å². The van der Waals surface area contributed by atoms with Crippen LogP contribution in [0.2, 0.25) is 18.1 Å². The summed E-state index contributed by atoms with van der Waals surface area (Å²) in [5.41, 5.74) is 0.992. The Balaban J connectivity index is 1.88. The number of amidine groups is 1. The average molecular weight is 578 g/mol. The van der Waals surface area contributed by atoms with Gasteiger partial charge in [0.05, 0.1) is 24.7 Å². The van der Waals surface area contributed by atoms with Gasteiger partial charge >= 0.3 is 5.70 Å². The van der Waals surface area contributed by atoms with Crippen molar-refractivity contribution in [2.24, 2.45) is 4.99 Å². The lowest BCUT2D eigenvalue weighted by molar-refractivity contribution is -0.419. The number of thioether (sulfide) groups is 1. The Bertz CT molecular complexity index is 1010. The van der Waals surface area contributed by atoms with E-state index in [2.05, 4.69) is 49.1 Å². The first-order valence-corrected chi connectivity index (χ1v) is 18.1. The van der Waals surface area contributed by atoms with Gasteiger partial charge in [0.25, 0.3) is 0 Å². The van der Waals surface area contributed by atoms with E-state index in [4.69, 9.17) is 9.16 Å². The standard InChI is InChI=1S/C28H47N5O4SSi/c1-28(2,3)39(6,7)37-20-18-31(17-19-36-21-22-13-9-8-10-14-22)26-24(33(34)35)25(29-4)32(27(30-26)38-5)23-15-11-12-16-23/h8-10,13-14,23,27,30H,11-12,15-21H2,1-7H3. The maximum absolute atomic E-state index is 12.6. The Labute approximate surface area is 239 Å². The van der Waals surface area contributed by atoms with Crippen molar-refractivity contribution >= 4 is 25.9 Å². The monoisotopic (exact) mass is 577 g/mol. The van der Waals surface area contributed by atoms with Crippen molar-refractivity contribution in [2.45, 2.75) is 82.7 Å². The van der Waals surface area contributed by atoms with Crippen LogP contribution in [0.25, 0.3) is 0 Å². The molecule has 0 aromatic heterocycles. The molecule has 0 radical (unpaired) electrons. The molecule has 0 bridgehead atoms. The number of benzene rings is 1. The average Bonchev–Trinajstić information content (AvgIpc) is 3.43. The molecule has 39 heavy (non-hydrogen) atoms. The summed E-state index contributed by atoms with van der Waals surface area (Å²) in [7, 11) is -0.315. The maximum atomic E-state index is 12.6. The molecule has 0 saturated heterocycles. The lowest BCUT2D eigenvalue weighted by atomic mass is 10.1. The Morgan fingerprint density at radius 2 is 1.82 bits per heavy atom. The van der Waals surface area contributed by atoms with Crippen LogP contribution in [0.15, 0.2) is 46.8 Å². The van der Waals surface area contributed by atoms with Crippen LogP contribution in [0, 0.1) is 10.1 Å². The molecule has 1 aliphatic heterocycles. The zero-order valence-corrected chi connectivity index (χ0v) is 26.6. The molecule has 2 aliphatic rings. The molecule has 9 nitrogen and oxygen atoms in total. The van der Waals surface area contributed by atoms with Crippen molar-refractivity contribution in [2.75, 3.05) is 39.6 Å². The largest absolute Gasteiger partial charge is 0.415 e. The van der Waals surface area contributed by atoms with E-state index >= 15 is 0 Å². The molecule has 1 aliphatic carbocycles. The number of nitro groups is 1. The number of aliphatic imine (C=N–C) groups is 1. The van der Waals surface area contributed by atoms with Crippen molar-refractivity contribution < 1.29 is 14.1 Å². The minimum Gasteiger partial charge on any atom is -0.415 e. The quantitative estimate of drug-likeness (QED) is 0.142. The Kier molecular flexibility index (Phi) is 11.3. The maximum Gasteiger partial charge on any atom is 0.350 e. The third-order valence-electron chi connectivity index (χ3n) is 8.09. The summed E-state index contributed by atoms with van der Waals surface area (Å²) in [5.74, 6) is 0.955. The summed E-state index contributed by atoms with van der Waals surface area (Å²) < 4.78 is 12.5. The highest BCUT2D eigenvalue weighted by Gasteiger charge is 2.44. The van der Waals surface area contributed by atoms with Crippen LogP contribution >= 0.6 is 11.8 Å². The van der Waals surface area contributed by atoms with E-state index in [0.717, 1.165) is 31.2 Å². The second-order valence-corrected chi connectivity index (χ2v) is 17.4. The predicted octanol–water partition coefficient (Wildman–Crippen LogP) is 5.50. The van der Waals surface area contributed by atoms with Crippen LogP contribution in [0.4, 0.5) is 0 Å². The van der Waals surface area contributed by atoms with E-state index in [1.807, 2.05) is 41.5 Å². The van der Waals surface area contributed by atoms with Gasteiger partial charge in [0.1, 0.15) is 0 Å². The third-order valence-corrected chi connectivity index (χ3v) is 13.4. The molecule has 0 amide bonds. The van der Waals surface area contributed by atoms with E-state index in [1.165, 1.54) is 0 Å². The lowest BCUT2D eigenvalue weighted by Crippen LogP contribution is -2.59. The molecule has 1 N–H and O–H groups in total. The summed E-state index contributed by atoms with van der Waals surface area (Å²) in [6.45, 7) is 13.5. The van der Waals surface area contributed by atoms with Gasteiger partial charge in [0, 0.05) is 26.2 Å². The van der Waals surface area contributed by atoms with Crippen LogP contribution in [-0.2, 0) is 15.8 Å². The highest BCUT2D eigenvalue weighted by atomic mass is 32.2. The second-order valence-electron chi connectivity index (χ2n) is 11.7. The van der Waals surface area contributed by atoms with Crippen LogP contribution < -0.4 is 5.32 Å². The first kappa shape index (κ1) is 31.4. The van der Waals surface area contributed by atoms with Crippen molar-refractivity contribution in [3.63, 3.8) is 0 Å². The van der Waals surface area contributed by atoms with Crippen molar-refractivity contribution in [1.29, 1.82) is 0 Å². The molecule has 1 unspecified atom stereocenters. The number of nitrogens with zero attached hydrogens (tertiary/aromatic N) is 4. The van der Waals surface area contributed by atoms with Gasteiger partial charge in [-0.1, -0.05) is 63.9 Å². The highest BCUT2D eigenvalue weighted by molar-refractivity contribution is 7.99. The Hall–Kier alpha value is -2.08. The normalized spacial score (nSPS) is 20.0. The van der Waals surface area contributed by atoms with Gasteiger partial charge in [-0.05, 0) is 42.8 Å². The second kappa shape index (κ2) is 14.0. The zero-order valence-electron chi connectivity index (χ0n) is 24.7. The Morgan fingerprint density at radius 1 is 1.18 bits per heavy atom. The van der Waals surface area contributed by atoms with Crippen molar-refractivity contribution in [3.8, 4) is 0 Å². The van der Waals surface area contributed by atoms with E-state index < -0.39 is 8.32 Å². The van der Waals surface area contributed by atoms with Crippen LogP contribution in [0.1, 0.15) is 52.0 Å². The zero-order chi connectivity index (χ0) is 28.6. The highest BCUT2D eigenvalue weighted by Crippen LogP contribution is 2.37. The molecule has 218 valence electrons. The van der Waals surface area contributed by atoms with Crippen LogP contribution in [0.3, 0.4) is 0 Å². The lowest BCUT2D eigenvalue weighted by Gasteiger charge is -2.43. The molecule has 1 saturated carbocycles. The number of rotatable bonds is 13. The predicted molar refractivity (Wildman–Crippen MR) is 163 cm³/mol.